The zero-order chi connectivity index (χ0) is 22.4. The molecular weight excluding hydrogens is 392 g/mol. The van der Waals surface area contributed by atoms with Crippen LogP contribution in [0.25, 0.3) is 21.9 Å². The first-order valence-electron chi connectivity index (χ1n) is 10.1. The van der Waals surface area contributed by atoms with E-state index in [1.807, 2.05) is 64.1 Å². The Morgan fingerprint density at radius 3 is 2.26 bits per heavy atom. The molecule has 1 unspecified atom stereocenters. The fourth-order valence-electron chi connectivity index (χ4n) is 4.02. The van der Waals surface area contributed by atoms with Crippen LogP contribution in [0.2, 0.25) is 0 Å². The molecule has 0 saturated heterocycles. The number of rotatable bonds is 4. The summed E-state index contributed by atoms with van der Waals surface area (Å²) in [6, 6.07) is 19.5. The predicted octanol–water partition coefficient (Wildman–Crippen LogP) is 5.72. The lowest BCUT2D eigenvalue weighted by Crippen LogP contribution is -2.36. The highest BCUT2D eigenvalue weighted by Gasteiger charge is 2.37. The van der Waals surface area contributed by atoms with Gasteiger partial charge in [0.05, 0.1) is 21.9 Å². The predicted molar refractivity (Wildman–Crippen MR) is 121 cm³/mol. The van der Waals surface area contributed by atoms with Gasteiger partial charge in [-0.1, -0.05) is 42.5 Å². The number of benzene rings is 3. The van der Waals surface area contributed by atoms with Crippen LogP contribution in [0.1, 0.15) is 49.2 Å². The fraction of sp³-hybridized carbons (Fsp3) is 0.231. The maximum atomic E-state index is 13.3. The summed E-state index contributed by atoms with van der Waals surface area (Å²) >= 11 is 0. The minimum atomic E-state index is -1.09. The third-order valence-electron chi connectivity index (χ3n) is 5.29. The average Bonchev–Trinajstić information content (AvgIpc) is 2.72. The van der Waals surface area contributed by atoms with Gasteiger partial charge in [-0.05, 0) is 57.5 Å². The summed E-state index contributed by atoms with van der Waals surface area (Å²) in [5.41, 5.74) is 0.839. The Morgan fingerprint density at radius 1 is 0.903 bits per heavy atom. The van der Waals surface area contributed by atoms with Crippen molar-refractivity contribution >= 4 is 27.9 Å². The van der Waals surface area contributed by atoms with Crippen LogP contribution in [0.4, 0.5) is 0 Å². The van der Waals surface area contributed by atoms with Gasteiger partial charge >= 0.3 is 5.97 Å². The molecule has 1 aromatic heterocycles. The van der Waals surface area contributed by atoms with Gasteiger partial charge in [0.25, 0.3) is 0 Å². The minimum Gasteiger partial charge on any atom is -0.478 e. The number of ether oxygens (including phenoxy) is 1. The largest absolute Gasteiger partial charge is 0.478 e. The summed E-state index contributed by atoms with van der Waals surface area (Å²) in [7, 11) is 0. The van der Waals surface area contributed by atoms with E-state index in [4.69, 9.17) is 9.15 Å². The molecule has 4 rings (SSSR count). The van der Waals surface area contributed by atoms with E-state index >= 15 is 0 Å². The summed E-state index contributed by atoms with van der Waals surface area (Å²) in [5, 5.41) is 9.90. The van der Waals surface area contributed by atoms with Crippen LogP contribution in [0, 0.1) is 0 Å². The zero-order valence-electron chi connectivity index (χ0n) is 17.9. The highest BCUT2D eigenvalue weighted by atomic mass is 16.5. The second kappa shape index (κ2) is 7.36. The third-order valence-corrected chi connectivity index (χ3v) is 5.29. The van der Waals surface area contributed by atoms with Crippen molar-refractivity contribution in [2.45, 2.75) is 38.9 Å². The van der Waals surface area contributed by atoms with Gasteiger partial charge in [-0.25, -0.2) is 4.79 Å². The Labute approximate surface area is 179 Å². The monoisotopic (exact) mass is 416 g/mol. The van der Waals surface area contributed by atoms with Gasteiger partial charge in [0, 0.05) is 5.56 Å². The molecule has 0 bridgehead atoms. The first-order chi connectivity index (χ1) is 14.6. The van der Waals surface area contributed by atoms with Crippen molar-refractivity contribution in [1.29, 1.82) is 0 Å². The highest BCUT2D eigenvalue weighted by molar-refractivity contribution is 5.96. The van der Waals surface area contributed by atoms with Crippen LogP contribution in [0.5, 0.6) is 0 Å². The Hall–Kier alpha value is -3.44. The fourth-order valence-corrected chi connectivity index (χ4v) is 4.02. The molecule has 3 aromatic carbocycles. The molecule has 1 atom stereocenters. The van der Waals surface area contributed by atoms with E-state index in [0.29, 0.717) is 16.6 Å². The summed E-state index contributed by atoms with van der Waals surface area (Å²) in [6.07, 6.45) is 0. The van der Waals surface area contributed by atoms with Crippen molar-refractivity contribution in [1.82, 2.24) is 0 Å². The topological polar surface area (TPSA) is 76.7 Å². The summed E-state index contributed by atoms with van der Waals surface area (Å²) in [6.45, 7) is 7.93. The SMILES string of the molecule is CC(C)(C)OC(C)(c1ccccc1)c1cccc2c(=O)c3cc(C(=O)O)ccc3oc12. The molecular formula is C26H24O5. The van der Waals surface area contributed by atoms with Crippen molar-refractivity contribution in [2.24, 2.45) is 0 Å². The molecule has 0 amide bonds. The van der Waals surface area contributed by atoms with E-state index in [1.54, 1.807) is 12.1 Å². The lowest BCUT2D eigenvalue weighted by Gasteiger charge is -2.37. The van der Waals surface area contributed by atoms with Crippen molar-refractivity contribution in [3.63, 3.8) is 0 Å². The molecule has 158 valence electrons. The van der Waals surface area contributed by atoms with E-state index in [9.17, 15) is 14.7 Å². The van der Waals surface area contributed by atoms with Crippen LogP contribution in [-0.4, -0.2) is 16.7 Å². The molecule has 5 heteroatoms. The van der Waals surface area contributed by atoms with Crippen molar-refractivity contribution < 1.29 is 19.1 Å². The Balaban J connectivity index is 2.06. The summed E-state index contributed by atoms with van der Waals surface area (Å²) < 4.78 is 12.8. The first kappa shape index (κ1) is 20.8. The van der Waals surface area contributed by atoms with Gasteiger partial charge in [-0.3, -0.25) is 4.79 Å². The number of aromatic carboxylic acids is 1. The highest BCUT2D eigenvalue weighted by Crippen LogP contribution is 2.40. The lowest BCUT2D eigenvalue weighted by atomic mass is 9.85. The second-order valence-corrected chi connectivity index (χ2v) is 8.74. The van der Waals surface area contributed by atoms with Crippen molar-refractivity contribution in [3.8, 4) is 0 Å². The second-order valence-electron chi connectivity index (χ2n) is 8.74. The molecule has 1 N–H and O–H groups in total. The number of hydrogen-bond donors (Lipinski definition) is 1. The van der Waals surface area contributed by atoms with Gasteiger partial charge in [0.1, 0.15) is 16.8 Å². The molecule has 1 heterocycles. The average molecular weight is 416 g/mol. The van der Waals surface area contributed by atoms with E-state index in [0.717, 1.165) is 11.1 Å². The molecule has 0 saturated carbocycles. The standard InChI is InChI=1S/C26H24O5/c1-25(2,3)31-26(4,17-9-6-5-7-10-17)20-12-8-11-18-22(27)19-15-16(24(28)29)13-14-21(19)30-23(18)20/h5-15H,1-4H3,(H,28,29). The molecule has 0 fully saturated rings. The Kier molecular flexibility index (Phi) is 4.94. The normalized spacial score (nSPS) is 13.9. The van der Waals surface area contributed by atoms with Crippen LogP contribution in [0.3, 0.4) is 0 Å². The number of carbonyl (C=O) groups is 1. The number of hydrogen-bond acceptors (Lipinski definition) is 4. The van der Waals surface area contributed by atoms with Gasteiger partial charge < -0.3 is 14.3 Å². The van der Waals surface area contributed by atoms with E-state index in [1.165, 1.54) is 18.2 Å². The van der Waals surface area contributed by atoms with Crippen LogP contribution < -0.4 is 5.43 Å². The molecule has 0 aliphatic rings. The van der Waals surface area contributed by atoms with E-state index < -0.39 is 17.2 Å². The third kappa shape index (κ3) is 3.73. The van der Waals surface area contributed by atoms with Crippen LogP contribution in [0.15, 0.2) is 75.9 Å². The number of fused-ring (bicyclic) bond motifs is 2. The molecule has 31 heavy (non-hydrogen) atoms. The van der Waals surface area contributed by atoms with Crippen LogP contribution >= 0.6 is 0 Å². The van der Waals surface area contributed by atoms with Crippen molar-refractivity contribution in [2.75, 3.05) is 0 Å². The molecule has 0 aliphatic carbocycles. The van der Waals surface area contributed by atoms with Gasteiger partial charge in [0.15, 0.2) is 0 Å². The molecule has 0 spiro atoms. The molecule has 0 radical (unpaired) electrons. The van der Waals surface area contributed by atoms with Gasteiger partial charge in [-0.15, -0.1) is 0 Å². The molecule has 5 nitrogen and oxygen atoms in total. The Bertz CT molecular complexity index is 1350. The van der Waals surface area contributed by atoms with E-state index in [-0.39, 0.29) is 16.4 Å². The maximum Gasteiger partial charge on any atom is 0.335 e. The Morgan fingerprint density at radius 2 is 1.61 bits per heavy atom. The van der Waals surface area contributed by atoms with Gasteiger partial charge in [0.2, 0.25) is 5.43 Å². The van der Waals surface area contributed by atoms with Crippen LogP contribution in [-0.2, 0) is 10.3 Å². The summed E-state index contributed by atoms with van der Waals surface area (Å²) in [4.78, 5) is 24.6. The molecule has 4 aromatic rings. The number of carboxylic acid groups (broad SMARTS) is 1. The van der Waals surface area contributed by atoms with E-state index in [2.05, 4.69) is 0 Å². The molecule has 0 aliphatic heterocycles. The smallest absolute Gasteiger partial charge is 0.335 e. The zero-order valence-corrected chi connectivity index (χ0v) is 17.9. The first-order valence-corrected chi connectivity index (χ1v) is 10.1. The summed E-state index contributed by atoms with van der Waals surface area (Å²) in [5.74, 6) is -1.09. The maximum absolute atomic E-state index is 13.3. The lowest BCUT2D eigenvalue weighted by molar-refractivity contribution is -0.104. The number of carboxylic acids is 1. The quantitative estimate of drug-likeness (QED) is 0.430. The van der Waals surface area contributed by atoms with Gasteiger partial charge in [-0.2, -0.15) is 0 Å². The number of para-hydroxylation sites is 1. The van der Waals surface area contributed by atoms with Crippen molar-refractivity contribution in [3.05, 3.63) is 93.6 Å². The minimum absolute atomic E-state index is 0.0421.